The van der Waals surface area contributed by atoms with Gasteiger partial charge in [0.05, 0.1) is 11.4 Å². The Bertz CT molecular complexity index is 1130. The molecular formula is C23H23IN2O3S. The lowest BCUT2D eigenvalue weighted by molar-refractivity contribution is -0.116. The van der Waals surface area contributed by atoms with Crippen molar-refractivity contribution in [2.24, 2.45) is 0 Å². The highest BCUT2D eigenvalue weighted by Gasteiger charge is 2.28. The Hall–Kier alpha value is -2.23. The monoisotopic (exact) mass is 534 g/mol. The Morgan fingerprint density at radius 1 is 0.967 bits per heavy atom. The van der Waals surface area contributed by atoms with Gasteiger partial charge in [-0.2, -0.15) is 4.31 Å². The molecule has 0 aliphatic carbocycles. The highest BCUT2D eigenvalue weighted by molar-refractivity contribution is 14.1. The molecule has 30 heavy (non-hydrogen) atoms. The summed E-state index contributed by atoms with van der Waals surface area (Å²) >= 11 is 2.18. The van der Waals surface area contributed by atoms with Crippen LogP contribution in [0.15, 0.2) is 77.7 Å². The zero-order valence-electron chi connectivity index (χ0n) is 16.8. The maximum Gasteiger partial charge on any atom is 0.244 e. The van der Waals surface area contributed by atoms with Gasteiger partial charge in [-0.15, -0.1) is 0 Å². The minimum absolute atomic E-state index is 0.108. The van der Waals surface area contributed by atoms with Gasteiger partial charge < -0.3 is 5.32 Å². The van der Waals surface area contributed by atoms with E-state index in [0.29, 0.717) is 11.3 Å². The van der Waals surface area contributed by atoms with E-state index in [-0.39, 0.29) is 23.9 Å². The number of amides is 1. The summed E-state index contributed by atoms with van der Waals surface area (Å²) in [4.78, 5) is 12.9. The predicted octanol–water partition coefficient (Wildman–Crippen LogP) is 4.74. The standard InChI is InChI=1S/C23H23IN2O3S/c1-17-8-9-18(2)22(14-17)30(28,29)26(15-19-6-4-3-5-7-19)16-23(27)25-21-12-10-20(24)11-13-21/h3-14H,15-16H2,1-2H3,(H,25,27). The van der Waals surface area contributed by atoms with Gasteiger partial charge in [-0.25, -0.2) is 8.42 Å². The molecule has 0 saturated carbocycles. The van der Waals surface area contributed by atoms with E-state index >= 15 is 0 Å². The number of anilines is 1. The molecule has 0 aliphatic heterocycles. The predicted molar refractivity (Wildman–Crippen MR) is 128 cm³/mol. The summed E-state index contributed by atoms with van der Waals surface area (Å²) in [5.74, 6) is -0.388. The average molecular weight is 534 g/mol. The molecule has 0 heterocycles. The molecule has 0 atom stereocenters. The molecule has 5 nitrogen and oxygen atoms in total. The van der Waals surface area contributed by atoms with E-state index in [1.165, 1.54) is 4.31 Å². The number of nitrogens with one attached hydrogen (secondary N) is 1. The van der Waals surface area contributed by atoms with E-state index in [1.807, 2.05) is 55.5 Å². The minimum atomic E-state index is -3.88. The number of nitrogens with zero attached hydrogens (tertiary/aromatic N) is 1. The Kier molecular flexibility index (Phi) is 7.27. The molecule has 1 amide bonds. The van der Waals surface area contributed by atoms with E-state index in [0.717, 1.165) is 14.7 Å². The van der Waals surface area contributed by atoms with Crippen LogP contribution in [0.2, 0.25) is 0 Å². The topological polar surface area (TPSA) is 66.5 Å². The van der Waals surface area contributed by atoms with Crippen molar-refractivity contribution in [2.45, 2.75) is 25.3 Å². The van der Waals surface area contributed by atoms with Crippen LogP contribution in [0.3, 0.4) is 0 Å². The van der Waals surface area contributed by atoms with Gasteiger partial charge in [0.25, 0.3) is 0 Å². The second-order valence-corrected chi connectivity index (χ2v) is 10.2. The van der Waals surface area contributed by atoms with Gasteiger partial charge in [0.15, 0.2) is 0 Å². The van der Waals surface area contributed by atoms with E-state index in [4.69, 9.17) is 0 Å². The number of rotatable bonds is 7. The van der Waals surface area contributed by atoms with Gasteiger partial charge in [-0.1, -0.05) is 42.5 Å². The second kappa shape index (κ2) is 9.72. The first-order valence-electron chi connectivity index (χ1n) is 9.42. The fourth-order valence-electron chi connectivity index (χ4n) is 3.03. The van der Waals surface area contributed by atoms with Crippen LogP contribution in [-0.2, 0) is 21.4 Å². The third kappa shape index (κ3) is 5.68. The number of carbonyl (C=O) groups excluding carboxylic acids is 1. The molecule has 0 bridgehead atoms. The van der Waals surface area contributed by atoms with Crippen LogP contribution in [0, 0.1) is 17.4 Å². The third-order valence-electron chi connectivity index (χ3n) is 4.61. The van der Waals surface area contributed by atoms with Gasteiger partial charge >= 0.3 is 0 Å². The lowest BCUT2D eigenvalue weighted by Crippen LogP contribution is -2.37. The van der Waals surface area contributed by atoms with Gasteiger partial charge in [0.2, 0.25) is 15.9 Å². The van der Waals surface area contributed by atoms with E-state index in [2.05, 4.69) is 27.9 Å². The summed E-state index contributed by atoms with van der Waals surface area (Å²) in [6.07, 6.45) is 0. The van der Waals surface area contributed by atoms with Gasteiger partial charge in [-0.3, -0.25) is 4.79 Å². The fraction of sp³-hybridized carbons (Fsp3) is 0.174. The Morgan fingerprint density at radius 3 is 2.30 bits per heavy atom. The quantitative estimate of drug-likeness (QED) is 0.446. The highest BCUT2D eigenvalue weighted by Crippen LogP contribution is 2.23. The molecule has 0 saturated heterocycles. The van der Waals surface area contributed by atoms with Crippen LogP contribution in [-0.4, -0.2) is 25.2 Å². The summed E-state index contributed by atoms with van der Waals surface area (Å²) in [5.41, 5.74) is 2.94. The van der Waals surface area contributed by atoms with Crippen molar-refractivity contribution in [1.82, 2.24) is 4.31 Å². The molecule has 0 spiro atoms. The second-order valence-electron chi connectivity index (χ2n) is 7.08. The summed E-state index contributed by atoms with van der Waals surface area (Å²) in [6.45, 7) is 3.44. The number of hydrogen-bond donors (Lipinski definition) is 1. The molecule has 0 fully saturated rings. The van der Waals surface area contributed by atoms with Crippen LogP contribution in [0.25, 0.3) is 0 Å². The number of aryl methyl sites for hydroxylation is 2. The molecule has 1 N–H and O–H groups in total. The molecule has 0 unspecified atom stereocenters. The number of sulfonamides is 1. The summed E-state index contributed by atoms with van der Waals surface area (Å²) in [7, 11) is -3.88. The number of hydrogen-bond acceptors (Lipinski definition) is 3. The SMILES string of the molecule is Cc1ccc(C)c(S(=O)(=O)N(CC(=O)Nc2ccc(I)cc2)Cc2ccccc2)c1. The van der Waals surface area contributed by atoms with Crippen molar-refractivity contribution in [3.05, 3.63) is 93.1 Å². The number of carbonyl (C=O) groups is 1. The van der Waals surface area contributed by atoms with Crippen LogP contribution in [0.5, 0.6) is 0 Å². The zero-order valence-corrected chi connectivity index (χ0v) is 19.8. The van der Waals surface area contributed by atoms with Crippen molar-refractivity contribution in [1.29, 1.82) is 0 Å². The normalized spacial score (nSPS) is 11.5. The molecule has 7 heteroatoms. The molecule has 0 aromatic heterocycles. The first kappa shape index (κ1) is 22.5. The molecule has 156 valence electrons. The lowest BCUT2D eigenvalue weighted by atomic mass is 10.2. The Balaban J connectivity index is 1.90. The van der Waals surface area contributed by atoms with Crippen molar-refractivity contribution < 1.29 is 13.2 Å². The third-order valence-corrected chi connectivity index (χ3v) is 7.26. The number of halogens is 1. The summed E-state index contributed by atoms with van der Waals surface area (Å²) in [5, 5.41) is 2.79. The van der Waals surface area contributed by atoms with Crippen molar-refractivity contribution >= 4 is 44.2 Å². The summed E-state index contributed by atoms with van der Waals surface area (Å²) in [6, 6.07) is 21.9. The molecule has 3 aromatic rings. The lowest BCUT2D eigenvalue weighted by Gasteiger charge is -2.23. The van der Waals surface area contributed by atoms with E-state index in [9.17, 15) is 13.2 Å². The Morgan fingerprint density at radius 2 is 1.63 bits per heavy atom. The largest absolute Gasteiger partial charge is 0.325 e. The van der Waals surface area contributed by atoms with Crippen LogP contribution >= 0.6 is 22.6 Å². The van der Waals surface area contributed by atoms with Crippen LogP contribution < -0.4 is 5.32 Å². The first-order chi connectivity index (χ1) is 14.3. The van der Waals surface area contributed by atoms with E-state index in [1.54, 1.807) is 31.2 Å². The average Bonchev–Trinajstić information content (AvgIpc) is 2.71. The zero-order chi connectivity index (χ0) is 21.7. The molecular weight excluding hydrogens is 511 g/mol. The molecule has 0 aliphatic rings. The highest BCUT2D eigenvalue weighted by atomic mass is 127. The minimum Gasteiger partial charge on any atom is -0.325 e. The summed E-state index contributed by atoms with van der Waals surface area (Å²) < 4.78 is 29.3. The fourth-order valence-corrected chi connectivity index (χ4v) is 5.08. The maximum absolute atomic E-state index is 13.5. The Labute approximate surface area is 191 Å². The van der Waals surface area contributed by atoms with Gasteiger partial charge in [0.1, 0.15) is 0 Å². The van der Waals surface area contributed by atoms with Crippen LogP contribution in [0.1, 0.15) is 16.7 Å². The van der Waals surface area contributed by atoms with Gasteiger partial charge in [0, 0.05) is 15.8 Å². The van der Waals surface area contributed by atoms with Crippen LogP contribution in [0.4, 0.5) is 5.69 Å². The van der Waals surface area contributed by atoms with Crippen molar-refractivity contribution in [3.8, 4) is 0 Å². The molecule has 3 rings (SSSR count). The van der Waals surface area contributed by atoms with E-state index < -0.39 is 10.0 Å². The van der Waals surface area contributed by atoms with Crippen molar-refractivity contribution in [3.63, 3.8) is 0 Å². The molecule has 3 aromatic carbocycles. The van der Waals surface area contributed by atoms with Crippen molar-refractivity contribution in [2.75, 3.05) is 11.9 Å². The smallest absolute Gasteiger partial charge is 0.244 e. The molecule has 0 radical (unpaired) electrons. The first-order valence-corrected chi connectivity index (χ1v) is 11.9. The van der Waals surface area contributed by atoms with Gasteiger partial charge in [-0.05, 0) is 83.5 Å². The maximum atomic E-state index is 13.5. The number of benzene rings is 3.